The quantitative estimate of drug-likeness (QED) is 0.793. The van der Waals surface area contributed by atoms with Crippen molar-refractivity contribution in [2.24, 2.45) is 0 Å². The van der Waals surface area contributed by atoms with Crippen molar-refractivity contribution in [3.63, 3.8) is 0 Å². The minimum absolute atomic E-state index is 0.275. The summed E-state index contributed by atoms with van der Waals surface area (Å²) in [5, 5.41) is -0.275. The van der Waals surface area contributed by atoms with Gasteiger partial charge in [-0.05, 0) is 37.5 Å². The predicted octanol–water partition coefficient (Wildman–Crippen LogP) is 1.95. The molecule has 1 heterocycles. The largest absolute Gasteiger partial charge is 0.381 e. The van der Waals surface area contributed by atoms with Crippen molar-refractivity contribution in [3.05, 3.63) is 29.8 Å². The topological polar surface area (TPSA) is 43.4 Å². The molecule has 4 heteroatoms. The number of ether oxygens (including phenoxy) is 1. The summed E-state index contributed by atoms with van der Waals surface area (Å²) in [4.78, 5) is 0.444. The van der Waals surface area contributed by atoms with Crippen LogP contribution in [0.15, 0.2) is 29.2 Å². The minimum Gasteiger partial charge on any atom is -0.381 e. The molecule has 1 fully saturated rings. The normalized spacial score (nSPS) is 18.6. The molecule has 1 saturated heterocycles. The Morgan fingerprint density at radius 3 is 2.56 bits per heavy atom. The second-order valence-corrected chi connectivity index (χ2v) is 6.40. The molecule has 0 aromatic heterocycles. The van der Waals surface area contributed by atoms with Crippen LogP contribution >= 0.6 is 0 Å². The molecule has 1 aliphatic heterocycles. The summed E-state index contributed by atoms with van der Waals surface area (Å²) in [6.07, 6.45) is 1.21. The number of rotatable bonds is 2. The van der Waals surface area contributed by atoms with E-state index in [1.165, 1.54) is 0 Å². The molecule has 0 amide bonds. The van der Waals surface area contributed by atoms with E-state index in [9.17, 15) is 8.42 Å². The van der Waals surface area contributed by atoms with Crippen molar-refractivity contribution < 1.29 is 13.2 Å². The van der Waals surface area contributed by atoms with Gasteiger partial charge in [-0.1, -0.05) is 12.1 Å². The Bertz CT molecular complexity index is 459. The fourth-order valence-corrected chi connectivity index (χ4v) is 3.79. The van der Waals surface area contributed by atoms with Crippen LogP contribution in [0.4, 0.5) is 0 Å². The molecule has 88 valence electrons. The molecule has 1 aliphatic rings. The Hall–Kier alpha value is -0.870. The van der Waals surface area contributed by atoms with Crippen molar-refractivity contribution in [3.8, 4) is 0 Å². The number of sulfone groups is 1. The first kappa shape index (κ1) is 11.6. The van der Waals surface area contributed by atoms with Crippen LogP contribution in [0.2, 0.25) is 0 Å². The molecule has 1 aromatic rings. The predicted molar refractivity (Wildman–Crippen MR) is 62.2 cm³/mol. The number of hydrogen-bond acceptors (Lipinski definition) is 3. The van der Waals surface area contributed by atoms with E-state index in [0.717, 1.165) is 5.56 Å². The molecule has 3 nitrogen and oxygen atoms in total. The van der Waals surface area contributed by atoms with E-state index in [1.807, 2.05) is 13.0 Å². The summed E-state index contributed by atoms with van der Waals surface area (Å²) in [6.45, 7) is 3.01. The lowest BCUT2D eigenvalue weighted by Crippen LogP contribution is -2.28. The number of aryl methyl sites for hydroxylation is 1. The molecule has 0 unspecified atom stereocenters. The van der Waals surface area contributed by atoms with Crippen molar-refractivity contribution in [2.45, 2.75) is 29.9 Å². The van der Waals surface area contributed by atoms with Gasteiger partial charge in [0.05, 0.1) is 10.1 Å². The fraction of sp³-hybridized carbons (Fsp3) is 0.500. The third kappa shape index (κ3) is 2.28. The van der Waals surface area contributed by atoms with Crippen molar-refractivity contribution in [1.29, 1.82) is 0 Å². The van der Waals surface area contributed by atoms with Crippen LogP contribution < -0.4 is 0 Å². The molecular weight excluding hydrogens is 224 g/mol. The third-order valence-corrected chi connectivity index (χ3v) is 5.19. The zero-order valence-electron chi connectivity index (χ0n) is 9.35. The number of hydrogen-bond donors (Lipinski definition) is 0. The highest BCUT2D eigenvalue weighted by Crippen LogP contribution is 2.23. The summed E-state index contributed by atoms with van der Waals surface area (Å²) in [6, 6.07) is 7.12. The van der Waals surface area contributed by atoms with E-state index in [4.69, 9.17) is 4.74 Å². The standard InChI is InChI=1S/C12H16O3S/c1-10-3-2-4-12(9-10)16(13,14)11-5-7-15-8-6-11/h2-4,9,11H,5-8H2,1H3. The summed E-state index contributed by atoms with van der Waals surface area (Å²) >= 11 is 0. The average molecular weight is 240 g/mol. The monoisotopic (exact) mass is 240 g/mol. The van der Waals surface area contributed by atoms with Crippen LogP contribution in [0.25, 0.3) is 0 Å². The van der Waals surface area contributed by atoms with Gasteiger partial charge < -0.3 is 4.74 Å². The van der Waals surface area contributed by atoms with Gasteiger partial charge in [-0.2, -0.15) is 0 Å². The summed E-state index contributed by atoms with van der Waals surface area (Å²) < 4.78 is 29.8. The SMILES string of the molecule is Cc1cccc(S(=O)(=O)C2CCOCC2)c1. The molecule has 0 atom stereocenters. The fourth-order valence-electron chi connectivity index (χ4n) is 1.97. The van der Waals surface area contributed by atoms with E-state index in [0.29, 0.717) is 31.0 Å². The smallest absolute Gasteiger partial charge is 0.181 e. The van der Waals surface area contributed by atoms with Crippen LogP contribution in [0, 0.1) is 6.92 Å². The zero-order valence-corrected chi connectivity index (χ0v) is 10.2. The highest BCUT2D eigenvalue weighted by molar-refractivity contribution is 7.92. The molecule has 0 aliphatic carbocycles. The molecule has 0 N–H and O–H groups in total. The lowest BCUT2D eigenvalue weighted by molar-refractivity contribution is 0.0983. The first-order chi connectivity index (χ1) is 7.60. The van der Waals surface area contributed by atoms with Gasteiger partial charge in [-0.15, -0.1) is 0 Å². The average Bonchev–Trinajstić information content (AvgIpc) is 2.30. The zero-order chi connectivity index (χ0) is 11.6. The Morgan fingerprint density at radius 1 is 1.25 bits per heavy atom. The Kier molecular flexibility index (Phi) is 3.30. The molecule has 0 radical (unpaired) electrons. The summed E-state index contributed by atoms with van der Waals surface area (Å²) in [5.41, 5.74) is 0.980. The van der Waals surface area contributed by atoms with Crippen molar-refractivity contribution in [2.75, 3.05) is 13.2 Å². The Morgan fingerprint density at radius 2 is 1.94 bits per heavy atom. The van der Waals surface area contributed by atoms with E-state index in [1.54, 1.807) is 18.2 Å². The third-order valence-electron chi connectivity index (χ3n) is 2.93. The van der Waals surface area contributed by atoms with Gasteiger partial charge in [-0.3, -0.25) is 0 Å². The minimum atomic E-state index is -3.16. The van der Waals surface area contributed by atoms with Crippen LogP contribution in [0.5, 0.6) is 0 Å². The van der Waals surface area contributed by atoms with Gasteiger partial charge in [0.2, 0.25) is 0 Å². The molecule has 0 saturated carbocycles. The Balaban J connectivity index is 2.30. The maximum absolute atomic E-state index is 12.3. The van der Waals surface area contributed by atoms with E-state index >= 15 is 0 Å². The molecule has 2 rings (SSSR count). The molecule has 16 heavy (non-hydrogen) atoms. The van der Waals surface area contributed by atoms with Crippen LogP contribution in [-0.4, -0.2) is 26.9 Å². The maximum atomic E-state index is 12.3. The number of benzene rings is 1. The van der Waals surface area contributed by atoms with Gasteiger partial charge in [0.15, 0.2) is 9.84 Å². The first-order valence-electron chi connectivity index (χ1n) is 5.49. The van der Waals surface area contributed by atoms with Crippen LogP contribution in [0.1, 0.15) is 18.4 Å². The Labute approximate surface area is 96.4 Å². The van der Waals surface area contributed by atoms with Gasteiger partial charge in [0.25, 0.3) is 0 Å². The second kappa shape index (κ2) is 4.55. The van der Waals surface area contributed by atoms with Crippen LogP contribution in [0.3, 0.4) is 0 Å². The van der Waals surface area contributed by atoms with Gasteiger partial charge >= 0.3 is 0 Å². The maximum Gasteiger partial charge on any atom is 0.181 e. The lowest BCUT2D eigenvalue weighted by Gasteiger charge is -2.22. The molecule has 0 spiro atoms. The lowest BCUT2D eigenvalue weighted by atomic mass is 10.2. The van der Waals surface area contributed by atoms with E-state index in [2.05, 4.69) is 0 Å². The van der Waals surface area contributed by atoms with Crippen LogP contribution in [-0.2, 0) is 14.6 Å². The van der Waals surface area contributed by atoms with Crippen molar-refractivity contribution >= 4 is 9.84 Å². The summed E-state index contributed by atoms with van der Waals surface area (Å²) in [5.74, 6) is 0. The van der Waals surface area contributed by atoms with E-state index in [-0.39, 0.29) is 5.25 Å². The van der Waals surface area contributed by atoms with Gasteiger partial charge in [-0.25, -0.2) is 8.42 Å². The molecule has 0 bridgehead atoms. The highest BCUT2D eigenvalue weighted by atomic mass is 32.2. The highest BCUT2D eigenvalue weighted by Gasteiger charge is 2.29. The van der Waals surface area contributed by atoms with Crippen molar-refractivity contribution in [1.82, 2.24) is 0 Å². The first-order valence-corrected chi connectivity index (χ1v) is 7.03. The second-order valence-electron chi connectivity index (χ2n) is 4.17. The molecular formula is C12H16O3S. The summed E-state index contributed by atoms with van der Waals surface area (Å²) in [7, 11) is -3.16. The van der Waals surface area contributed by atoms with Gasteiger partial charge in [0, 0.05) is 13.2 Å². The van der Waals surface area contributed by atoms with Gasteiger partial charge in [0.1, 0.15) is 0 Å². The molecule has 1 aromatic carbocycles. The van der Waals surface area contributed by atoms with E-state index < -0.39 is 9.84 Å².